The van der Waals surface area contributed by atoms with Crippen LogP contribution in [0.4, 0.5) is 5.69 Å². The second-order valence-corrected chi connectivity index (χ2v) is 5.77. The van der Waals surface area contributed by atoms with Crippen molar-refractivity contribution in [3.05, 3.63) is 24.3 Å². The molecule has 2 N–H and O–H groups in total. The topological polar surface area (TPSA) is 41.5 Å². The van der Waals surface area contributed by atoms with Crippen LogP contribution in [0.2, 0.25) is 0 Å². The predicted octanol–water partition coefficient (Wildman–Crippen LogP) is 3.44. The molecule has 1 aromatic rings. The Morgan fingerprint density at radius 3 is 2.68 bits per heavy atom. The molecule has 1 aromatic carbocycles. The average molecular weight is 263 g/mol. The van der Waals surface area contributed by atoms with Gasteiger partial charge in [0.25, 0.3) is 0 Å². The minimum Gasteiger partial charge on any atom is -0.497 e. The van der Waals surface area contributed by atoms with E-state index in [-0.39, 0.29) is 12.1 Å². The molecule has 0 aromatic heterocycles. The van der Waals surface area contributed by atoms with Crippen LogP contribution < -0.4 is 10.1 Å². The maximum atomic E-state index is 9.83. The number of ether oxygens (including phenoxy) is 1. The second-order valence-electron chi connectivity index (χ2n) is 5.77. The molecule has 2 rings (SSSR count). The van der Waals surface area contributed by atoms with Gasteiger partial charge in [0.1, 0.15) is 5.75 Å². The third-order valence-electron chi connectivity index (χ3n) is 4.33. The molecule has 1 fully saturated rings. The van der Waals surface area contributed by atoms with Crippen LogP contribution >= 0.6 is 0 Å². The quantitative estimate of drug-likeness (QED) is 0.855. The highest BCUT2D eigenvalue weighted by Crippen LogP contribution is 2.35. The Bertz CT molecular complexity index is 401. The first-order valence-corrected chi connectivity index (χ1v) is 7.21. The Morgan fingerprint density at radius 2 is 2.05 bits per heavy atom. The monoisotopic (exact) mass is 263 g/mol. The summed E-state index contributed by atoms with van der Waals surface area (Å²) in [7, 11) is 1.67. The molecule has 0 spiro atoms. The third kappa shape index (κ3) is 3.41. The highest BCUT2D eigenvalue weighted by atomic mass is 16.5. The maximum absolute atomic E-state index is 9.83. The molecule has 0 aliphatic heterocycles. The van der Waals surface area contributed by atoms with Crippen molar-refractivity contribution in [3.8, 4) is 5.75 Å². The molecule has 0 amide bonds. The zero-order chi connectivity index (χ0) is 13.7. The summed E-state index contributed by atoms with van der Waals surface area (Å²) in [6.45, 7) is 2.29. The van der Waals surface area contributed by atoms with Gasteiger partial charge in [-0.2, -0.15) is 0 Å². The van der Waals surface area contributed by atoms with Crippen LogP contribution in [0.3, 0.4) is 0 Å². The number of methoxy groups -OCH3 is 1. The van der Waals surface area contributed by atoms with Gasteiger partial charge in [0.15, 0.2) is 0 Å². The van der Waals surface area contributed by atoms with E-state index in [1.54, 1.807) is 7.11 Å². The van der Waals surface area contributed by atoms with Crippen LogP contribution in [0.25, 0.3) is 0 Å². The Kier molecular flexibility index (Phi) is 4.70. The molecule has 1 unspecified atom stereocenters. The Labute approximate surface area is 116 Å². The van der Waals surface area contributed by atoms with E-state index in [2.05, 4.69) is 12.2 Å². The molecule has 1 aliphatic rings. The minimum absolute atomic E-state index is 0.162. The van der Waals surface area contributed by atoms with Crippen LogP contribution in [0, 0.1) is 5.92 Å². The summed E-state index contributed by atoms with van der Waals surface area (Å²) < 4.78 is 5.25. The van der Waals surface area contributed by atoms with Gasteiger partial charge in [0, 0.05) is 11.8 Å². The number of benzene rings is 1. The van der Waals surface area contributed by atoms with Gasteiger partial charge in [-0.15, -0.1) is 0 Å². The lowest BCUT2D eigenvalue weighted by Gasteiger charge is -2.40. The van der Waals surface area contributed by atoms with E-state index in [1.807, 2.05) is 24.3 Å². The summed E-state index contributed by atoms with van der Waals surface area (Å²) in [5, 5.41) is 13.4. The maximum Gasteiger partial charge on any atom is 0.120 e. The number of hydrogen-bond acceptors (Lipinski definition) is 3. The standard InChI is InChI=1S/C16H25NO2/c1-16(12-18,13-7-4-3-5-8-13)17-14-9-6-10-15(11-14)19-2/h6,9-11,13,17-18H,3-5,7-8,12H2,1-2H3. The SMILES string of the molecule is COc1cccc(NC(C)(CO)C2CCCCC2)c1. The van der Waals surface area contributed by atoms with Gasteiger partial charge in [-0.05, 0) is 37.8 Å². The number of hydrogen-bond donors (Lipinski definition) is 2. The molecule has 1 atom stereocenters. The lowest BCUT2D eigenvalue weighted by molar-refractivity contribution is 0.144. The van der Waals surface area contributed by atoms with Crippen LogP contribution in [-0.4, -0.2) is 24.4 Å². The van der Waals surface area contributed by atoms with Crippen LogP contribution in [0.1, 0.15) is 39.0 Å². The summed E-state index contributed by atoms with van der Waals surface area (Å²) in [4.78, 5) is 0. The highest BCUT2D eigenvalue weighted by Gasteiger charge is 2.34. The molecule has 106 valence electrons. The summed E-state index contributed by atoms with van der Waals surface area (Å²) in [5.74, 6) is 1.38. The lowest BCUT2D eigenvalue weighted by atomic mass is 9.76. The number of anilines is 1. The molecule has 0 bridgehead atoms. The number of aliphatic hydroxyl groups is 1. The van der Waals surface area contributed by atoms with Gasteiger partial charge in [0.2, 0.25) is 0 Å². The van der Waals surface area contributed by atoms with Crippen molar-refractivity contribution in [3.63, 3.8) is 0 Å². The van der Waals surface area contributed by atoms with Crippen LogP contribution in [0.5, 0.6) is 5.75 Å². The first-order valence-electron chi connectivity index (χ1n) is 7.21. The lowest BCUT2D eigenvalue weighted by Crippen LogP contribution is -2.47. The fourth-order valence-corrected chi connectivity index (χ4v) is 3.04. The van der Waals surface area contributed by atoms with Crippen molar-refractivity contribution in [1.29, 1.82) is 0 Å². The summed E-state index contributed by atoms with van der Waals surface area (Å²) >= 11 is 0. The molecule has 19 heavy (non-hydrogen) atoms. The van der Waals surface area contributed by atoms with Crippen molar-refractivity contribution in [2.45, 2.75) is 44.6 Å². The highest BCUT2D eigenvalue weighted by molar-refractivity contribution is 5.50. The van der Waals surface area contributed by atoms with E-state index < -0.39 is 0 Å². The molecule has 0 saturated heterocycles. The largest absolute Gasteiger partial charge is 0.497 e. The number of aliphatic hydroxyl groups excluding tert-OH is 1. The first-order chi connectivity index (χ1) is 9.18. The van der Waals surface area contributed by atoms with Gasteiger partial charge in [-0.25, -0.2) is 0 Å². The zero-order valence-electron chi connectivity index (χ0n) is 12.0. The molecular formula is C16H25NO2. The summed E-state index contributed by atoms with van der Waals surface area (Å²) in [6, 6.07) is 7.91. The predicted molar refractivity (Wildman–Crippen MR) is 78.7 cm³/mol. The van der Waals surface area contributed by atoms with Crippen molar-refractivity contribution in [2.75, 3.05) is 19.0 Å². The third-order valence-corrected chi connectivity index (χ3v) is 4.33. The minimum atomic E-state index is -0.243. The first kappa shape index (κ1) is 14.2. The van der Waals surface area contributed by atoms with E-state index in [9.17, 15) is 5.11 Å². The molecule has 3 nitrogen and oxygen atoms in total. The average Bonchev–Trinajstić information content (AvgIpc) is 2.48. The Morgan fingerprint density at radius 1 is 1.32 bits per heavy atom. The number of nitrogens with one attached hydrogen (secondary N) is 1. The summed E-state index contributed by atoms with van der Waals surface area (Å²) in [6.07, 6.45) is 6.29. The normalized spacial score (nSPS) is 19.7. The van der Waals surface area contributed by atoms with Crippen molar-refractivity contribution < 1.29 is 9.84 Å². The second kappa shape index (κ2) is 6.29. The fraction of sp³-hybridized carbons (Fsp3) is 0.625. The van der Waals surface area contributed by atoms with Gasteiger partial charge < -0.3 is 15.2 Å². The molecule has 3 heteroatoms. The van der Waals surface area contributed by atoms with Crippen molar-refractivity contribution in [1.82, 2.24) is 0 Å². The number of rotatable bonds is 5. The molecule has 0 radical (unpaired) electrons. The fourth-order valence-electron chi connectivity index (χ4n) is 3.04. The van der Waals surface area contributed by atoms with Gasteiger partial charge in [-0.3, -0.25) is 0 Å². The van der Waals surface area contributed by atoms with Crippen molar-refractivity contribution in [2.24, 2.45) is 5.92 Å². The van der Waals surface area contributed by atoms with Gasteiger partial charge in [-0.1, -0.05) is 25.3 Å². The molecule has 0 heterocycles. The smallest absolute Gasteiger partial charge is 0.120 e. The van der Waals surface area contributed by atoms with Crippen LogP contribution in [0.15, 0.2) is 24.3 Å². The Balaban J connectivity index is 2.11. The zero-order valence-corrected chi connectivity index (χ0v) is 12.0. The van der Waals surface area contributed by atoms with Crippen LogP contribution in [-0.2, 0) is 0 Å². The molecule has 1 aliphatic carbocycles. The molecule has 1 saturated carbocycles. The van der Waals surface area contributed by atoms with E-state index >= 15 is 0 Å². The summed E-state index contributed by atoms with van der Waals surface area (Å²) in [5.41, 5.74) is 0.772. The van der Waals surface area contributed by atoms with E-state index in [1.165, 1.54) is 32.1 Å². The van der Waals surface area contributed by atoms with E-state index in [0.717, 1.165) is 11.4 Å². The molecular weight excluding hydrogens is 238 g/mol. The Hall–Kier alpha value is -1.22. The van der Waals surface area contributed by atoms with Crippen molar-refractivity contribution >= 4 is 5.69 Å². The van der Waals surface area contributed by atoms with E-state index in [0.29, 0.717) is 5.92 Å². The van der Waals surface area contributed by atoms with Gasteiger partial charge in [0.05, 0.1) is 19.3 Å². The van der Waals surface area contributed by atoms with Gasteiger partial charge >= 0.3 is 0 Å². The van der Waals surface area contributed by atoms with E-state index in [4.69, 9.17) is 4.74 Å².